The summed E-state index contributed by atoms with van der Waals surface area (Å²) in [5, 5.41) is 1.29. The molecule has 0 saturated carbocycles. The average Bonchev–Trinajstić information content (AvgIpc) is 3.10. The second-order valence-corrected chi connectivity index (χ2v) is 11.9. The number of aliphatic imine (C=N–C) groups is 1. The molecule has 2 aromatic carbocycles. The molecule has 0 aliphatic heterocycles. The van der Waals surface area contributed by atoms with Crippen molar-refractivity contribution in [1.82, 2.24) is 4.57 Å². The Morgan fingerprint density at radius 2 is 1.59 bits per heavy atom. The normalized spacial score (nSPS) is 13.6. The highest BCUT2D eigenvalue weighted by Gasteiger charge is 2.23. The Hall–Kier alpha value is -2.87. The zero-order chi connectivity index (χ0) is 27.5. The van der Waals surface area contributed by atoms with Crippen molar-refractivity contribution in [2.75, 3.05) is 0 Å². The molecule has 37 heavy (non-hydrogen) atoms. The fraction of sp³-hybridized carbons (Fsp3) is 0.457. The SMILES string of the molecule is CC/C=C\C(=NC(C)C)n1c(C)c(/C=C(\CC)C(C)(C)C)c2ccc(C)c(-c3ccc(C(C)C)cc3)c21. The minimum absolute atomic E-state index is 0.118. The number of benzene rings is 2. The van der Waals surface area contributed by atoms with Crippen molar-refractivity contribution >= 4 is 22.8 Å². The van der Waals surface area contributed by atoms with Crippen LogP contribution in [-0.4, -0.2) is 16.4 Å². The second-order valence-electron chi connectivity index (χ2n) is 11.9. The van der Waals surface area contributed by atoms with Crippen LogP contribution < -0.4 is 0 Å². The van der Waals surface area contributed by atoms with Gasteiger partial charge in [-0.1, -0.05) is 103 Å². The highest BCUT2D eigenvalue weighted by molar-refractivity contribution is 6.10. The summed E-state index contributed by atoms with van der Waals surface area (Å²) in [6.45, 7) is 24.7. The Morgan fingerprint density at radius 3 is 2.11 bits per heavy atom. The summed E-state index contributed by atoms with van der Waals surface area (Å²) < 4.78 is 2.42. The second kappa shape index (κ2) is 11.7. The van der Waals surface area contributed by atoms with Crippen LogP contribution in [0.1, 0.15) is 103 Å². The fourth-order valence-electron chi connectivity index (χ4n) is 5.18. The van der Waals surface area contributed by atoms with Crippen molar-refractivity contribution < 1.29 is 0 Å². The first-order valence-electron chi connectivity index (χ1n) is 14.1. The van der Waals surface area contributed by atoms with Crippen LogP contribution in [0.4, 0.5) is 0 Å². The van der Waals surface area contributed by atoms with Gasteiger partial charge in [0.2, 0.25) is 0 Å². The summed E-state index contributed by atoms with van der Waals surface area (Å²) in [7, 11) is 0. The third-order valence-corrected chi connectivity index (χ3v) is 7.28. The molecule has 0 atom stereocenters. The summed E-state index contributed by atoms with van der Waals surface area (Å²) in [4.78, 5) is 5.13. The van der Waals surface area contributed by atoms with Crippen LogP contribution in [0.2, 0.25) is 0 Å². The van der Waals surface area contributed by atoms with Gasteiger partial charge in [-0.2, -0.15) is 0 Å². The summed E-state index contributed by atoms with van der Waals surface area (Å²) >= 11 is 0. The molecule has 0 saturated heterocycles. The van der Waals surface area contributed by atoms with Crippen LogP contribution in [0.5, 0.6) is 0 Å². The predicted molar refractivity (Wildman–Crippen MR) is 166 cm³/mol. The number of aryl methyl sites for hydroxylation is 1. The maximum Gasteiger partial charge on any atom is 0.132 e. The average molecular weight is 497 g/mol. The lowest BCUT2D eigenvalue weighted by atomic mass is 9.83. The van der Waals surface area contributed by atoms with Crippen molar-refractivity contribution in [2.45, 2.75) is 101 Å². The van der Waals surface area contributed by atoms with Gasteiger partial charge >= 0.3 is 0 Å². The first-order chi connectivity index (χ1) is 17.4. The Labute approximate surface area is 226 Å². The van der Waals surface area contributed by atoms with Gasteiger partial charge in [-0.25, -0.2) is 0 Å². The molecule has 0 unspecified atom stereocenters. The molecule has 198 valence electrons. The molecule has 0 N–H and O–H groups in total. The molecule has 0 aliphatic carbocycles. The van der Waals surface area contributed by atoms with Gasteiger partial charge in [0.1, 0.15) is 5.84 Å². The van der Waals surface area contributed by atoms with E-state index in [1.54, 1.807) is 0 Å². The molecule has 1 aromatic heterocycles. The smallest absolute Gasteiger partial charge is 0.132 e. The molecular weight excluding hydrogens is 448 g/mol. The number of hydrogen-bond acceptors (Lipinski definition) is 1. The lowest BCUT2D eigenvalue weighted by Gasteiger charge is -2.22. The van der Waals surface area contributed by atoms with Crippen molar-refractivity contribution in [3.63, 3.8) is 0 Å². The van der Waals surface area contributed by atoms with E-state index in [1.165, 1.54) is 50.0 Å². The molecule has 0 spiro atoms. The number of allylic oxidation sites excluding steroid dienone is 3. The molecule has 0 amide bonds. The predicted octanol–water partition coefficient (Wildman–Crippen LogP) is 10.5. The van der Waals surface area contributed by atoms with Gasteiger partial charge in [-0.15, -0.1) is 0 Å². The van der Waals surface area contributed by atoms with Crippen LogP contribution >= 0.6 is 0 Å². The van der Waals surface area contributed by atoms with E-state index in [0.29, 0.717) is 5.92 Å². The first kappa shape index (κ1) is 28.7. The molecule has 1 heterocycles. The Bertz CT molecular complexity index is 1320. The summed E-state index contributed by atoms with van der Waals surface area (Å²) in [6.07, 6.45) is 8.90. The zero-order valence-corrected chi connectivity index (χ0v) is 25.2. The van der Waals surface area contributed by atoms with Gasteiger partial charge in [-0.3, -0.25) is 9.56 Å². The Kier molecular flexibility index (Phi) is 9.05. The van der Waals surface area contributed by atoms with Crippen LogP contribution in [0.15, 0.2) is 59.1 Å². The van der Waals surface area contributed by atoms with Crippen LogP contribution in [-0.2, 0) is 0 Å². The minimum atomic E-state index is 0.118. The largest absolute Gasteiger partial charge is 0.298 e. The van der Waals surface area contributed by atoms with E-state index in [4.69, 9.17) is 4.99 Å². The van der Waals surface area contributed by atoms with E-state index < -0.39 is 0 Å². The number of aromatic nitrogens is 1. The third kappa shape index (κ3) is 6.17. The molecule has 3 aromatic rings. The fourth-order valence-corrected chi connectivity index (χ4v) is 5.18. The van der Waals surface area contributed by atoms with Gasteiger partial charge < -0.3 is 0 Å². The third-order valence-electron chi connectivity index (χ3n) is 7.28. The minimum Gasteiger partial charge on any atom is -0.298 e. The lowest BCUT2D eigenvalue weighted by Crippen LogP contribution is -2.14. The summed E-state index contributed by atoms with van der Waals surface area (Å²) in [5.41, 5.74) is 10.6. The maximum absolute atomic E-state index is 5.13. The molecule has 3 rings (SSSR count). The Balaban J connectivity index is 2.51. The highest BCUT2D eigenvalue weighted by atomic mass is 15.1. The number of rotatable bonds is 7. The van der Waals surface area contributed by atoms with Crippen molar-refractivity contribution in [1.29, 1.82) is 0 Å². The summed E-state index contributed by atoms with van der Waals surface area (Å²) in [5.74, 6) is 1.53. The topological polar surface area (TPSA) is 17.3 Å². The van der Waals surface area contributed by atoms with Crippen molar-refractivity contribution in [2.24, 2.45) is 10.4 Å². The van der Waals surface area contributed by atoms with Crippen LogP contribution in [0.25, 0.3) is 28.1 Å². The van der Waals surface area contributed by atoms with Crippen molar-refractivity contribution in [3.8, 4) is 11.1 Å². The quantitative estimate of drug-likeness (QED) is 0.229. The molecule has 0 radical (unpaired) electrons. The van der Waals surface area contributed by atoms with Crippen LogP contribution in [0, 0.1) is 19.3 Å². The molecule has 2 heteroatoms. The highest BCUT2D eigenvalue weighted by Crippen LogP contribution is 2.40. The van der Waals surface area contributed by atoms with Gasteiger partial charge in [-0.05, 0) is 74.6 Å². The monoisotopic (exact) mass is 496 g/mol. The van der Waals surface area contributed by atoms with E-state index in [2.05, 4.69) is 135 Å². The standard InChI is InChI=1S/C35H48N2/c1-12-14-15-32(36-24(5)6)37-26(8)31(22-29(13-2)35(9,10)11)30-21-16-25(7)33(34(30)37)28-19-17-27(18-20-28)23(3)4/h14-24H,12-13H2,1-11H3/b15-14-,29-22+,36-32?. The Morgan fingerprint density at radius 1 is 0.946 bits per heavy atom. The molecular formula is C35H48N2. The van der Waals surface area contributed by atoms with E-state index in [1.807, 2.05) is 0 Å². The van der Waals surface area contributed by atoms with Crippen LogP contribution in [0.3, 0.4) is 0 Å². The van der Waals surface area contributed by atoms with E-state index in [-0.39, 0.29) is 11.5 Å². The molecule has 2 nitrogen and oxygen atoms in total. The van der Waals surface area contributed by atoms with Gasteiger partial charge in [0.25, 0.3) is 0 Å². The van der Waals surface area contributed by atoms with Gasteiger partial charge in [0, 0.05) is 28.2 Å². The molecule has 0 bridgehead atoms. The zero-order valence-electron chi connectivity index (χ0n) is 25.2. The summed E-state index contributed by atoms with van der Waals surface area (Å²) in [6, 6.07) is 14.0. The lowest BCUT2D eigenvalue weighted by molar-refractivity contribution is 0.492. The van der Waals surface area contributed by atoms with Gasteiger partial charge in [0.05, 0.1) is 5.52 Å². The van der Waals surface area contributed by atoms with E-state index in [0.717, 1.165) is 18.7 Å². The van der Waals surface area contributed by atoms with E-state index in [9.17, 15) is 0 Å². The van der Waals surface area contributed by atoms with E-state index >= 15 is 0 Å². The number of hydrogen-bond donors (Lipinski definition) is 0. The van der Waals surface area contributed by atoms with Gasteiger partial charge in [0.15, 0.2) is 0 Å². The molecule has 0 aliphatic rings. The number of fused-ring (bicyclic) bond motifs is 1. The maximum atomic E-state index is 5.13. The van der Waals surface area contributed by atoms with Crippen molar-refractivity contribution in [3.05, 3.63) is 76.5 Å². The number of nitrogens with zero attached hydrogens (tertiary/aromatic N) is 2. The first-order valence-corrected chi connectivity index (χ1v) is 14.1. The molecule has 0 fully saturated rings.